The van der Waals surface area contributed by atoms with Crippen molar-refractivity contribution in [3.05, 3.63) is 63.8 Å². The molecule has 1 unspecified atom stereocenters. The highest BCUT2D eigenvalue weighted by Gasteiger charge is 2.16. The zero-order valence-electron chi connectivity index (χ0n) is 11.0. The first kappa shape index (κ1) is 14.0. The molecule has 104 valence electrons. The van der Waals surface area contributed by atoms with E-state index in [0.717, 1.165) is 5.56 Å². The van der Waals surface area contributed by atoms with Crippen LogP contribution in [0.3, 0.4) is 0 Å². The normalized spacial score (nSPS) is 11.9. The molecular weight excluding hydrogens is 258 g/mol. The molecule has 0 aliphatic heterocycles. The number of hydrogen-bond acceptors (Lipinski definition) is 5. The summed E-state index contributed by atoms with van der Waals surface area (Å²) in [5.41, 5.74) is 1.37. The largest absolute Gasteiger partial charge is 0.387 e. The molecule has 1 aromatic carbocycles. The van der Waals surface area contributed by atoms with Crippen LogP contribution in [0.5, 0.6) is 0 Å². The van der Waals surface area contributed by atoms with Crippen molar-refractivity contribution in [2.75, 3.05) is 11.9 Å². The second-order valence-corrected chi connectivity index (χ2v) is 4.44. The highest BCUT2D eigenvalue weighted by Crippen LogP contribution is 2.23. The quantitative estimate of drug-likeness (QED) is 0.645. The number of nitrogens with one attached hydrogen (secondary N) is 1. The van der Waals surface area contributed by atoms with Gasteiger partial charge in [-0.15, -0.1) is 0 Å². The van der Waals surface area contributed by atoms with Gasteiger partial charge in [-0.05, 0) is 18.1 Å². The molecule has 2 N–H and O–H groups in total. The van der Waals surface area contributed by atoms with E-state index in [0.29, 0.717) is 5.56 Å². The maximum Gasteiger partial charge on any atom is 0.311 e. The van der Waals surface area contributed by atoms with Crippen molar-refractivity contribution in [2.24, 2.45) is 0 Å². The van der Waals surface area contributed by atoms with Gasteiger partial charge in [0.1, 0.15) is 0 Å². The maximum atomic E-state index is 11.0. The van der Waals surface area contributed by atoms with Crippen molar-refractivity contribution in [3.63, 3.8) is 0 Å². The Bertz CT molecular complexity index is 602. The van der Waals surface area contributed by atoms with E-state index in [-0.39, 0.29) is 18.1 Å². The first-order valence-corrected chi connectivity index (χ1v) is 6.16. The van der Waals surface area contributed by atoms with Crippen molar-refractivity contribution >= 4 is 11.5 Å². The Morgan fingerprint density at radius 1 is 1.40 bits per heavy atom. The number of aliphatic hydroxyl groups excluding tert-OH is 1. The topological polar surface area (TPSA) is 88.3 Å². The van der Waals surface area contributed by atoms with Gasteiger partial charge < -0.3 is 10.4 Å². The monoisotopic (exact) mass is 273 g/mol. The smallest absolute Gasteiger partial charge is 0.311 e. The average Bonchev–Trinajstić information content (AvgIpc) is 2.46. The minimum atomic E-state index is -0.751. The number of rotatable bonds is 5. The fraction of sp³-hybridized carbons (Fsp3) is 0.214. The van der Waals surface area contributed by atoms with Crippen LogP contribution in [0.4, 0.5) is 11.5 Å². The van der Waals surface area contributed by atoms with Crippen LogP contribution in [0.1, 0.15) is 17.2 Å². The highest BCUT2D eigenvalue weighted by atomic mass is 16.6. The summed E-state index contributed by atoms with van der Waals surface area (Å²) < 4.78 is 0. The van der Waals surface area contributed by atoms with Gasteiger partial charge in [0.2, 0.25) is 5.82 Å². The van der Waals surface area contributed by atoms with Crippen LogP contribution in [0.2, 0.25) is 0 Å². The Labute approximate surface area is 116 Å². The molecule has 0 bridgehead atoms. The van der Waals surface area contributed by atoms with Crippen LogP contribution in [0, 0.1) is 17.0 Å². The van der Waals surface area contributed by atoms with Crippen LogP contribution in [0.15, 0.2) is 42.6 Å². The van der Waals surface area contributed by atoms with Gasteiger partial charge in [0, 0.05) is 18.8 Å². The van der Waals surface area contributed by atoms with E-state index in [2.05, 4.69) is 10.3 Å². The zero-order chi connectivity index (χ0) is 14.5. The van der Waals surface area contributed by atoms with Crippen molar-refractivity contribution < 1.29 is 10.0 Å². The van der Waals surface area contributed by atoms with Gasteiger partial charge in [-0.2, -0.15) is 0 Å². The molecule has 0 radical (unpaired) electrons. The molecule has 0 fully saturated rings. The van der Waals surface area contributed by atoms with Crippen LogP contribution < -0.4 is 5.32 Å². The van der Waals surface area contributed by atoms with Crippen LogP contribution in [-0.4, -0.2) is 21.6 Å². The molecule has 0 aliphatic carbocycles. The third-order valence-electron chi connectivity index (χ3n) is 2.85. The second-order valence-electron chi connectivity index (χ2n) is 4.44. The number of pyridine rings is 1. The molecule has 2 aromatic rings. The van der Waals surface area contributed by atoms with Gasteiger partial charge >= 0.3 is 5.69 Å². The summed E-state index contributed by atoms with van der Waals surface area (Å²) in [6, 6.07) is 10.5. The van der Waals surface area contributed by atoms with Crippen molar-refractivity contribution in [2.45, 2.75) is 13.0 Å². The molecule has 0 spiro atoms. The van der Waals surface area contributed by atoms with Gasteiger partial charge in [0.25, 0.3) is 0 Å². The first-order chi connectivity index (χ1) is 9.58. The van der Waals surface area contributed by atoms with Gasteiger partial charge in [-0.25, -0.2) is 4.98 Å². The molecule has 0 saturated heterocycles. The lowest BCUT2D eigenvalue weighted by Crippen LogP contribution is -2.14. The molecule has 6 heteroatoms. The third kappa shape index (κ3) is 3.30. The number of benzene rings is 1. The summed E-state index contributed by atoms with van der Waals surface area (Å²) >= 11 is 0. The SMILES string of the molecule is Cc1cnc(NCC(O)c2ccccc2)c([N+](=O)[O-])c1. The number of aryl methyl sites for hydroxylation is 1. The molecule has 6 nitrogen and oxygen atoms in total. The van der Waals surface area contributed by atoms with E-state index >= 15 is 0 Å². The van der Waals surface area contributed by atoms with Crippen LogP contribution in [0.25, 0.3) is 0 Å². The molecule has 20 heavy (non-hydrogen) atoms. The number of nitro groups is 1. The Morgan fingerprint density at radius 2 is 2.10 bits per heavy atom. The fourth-order valence-corrected chi connectivity index (χ4v) is 1.82. The van der Waals surface area contributed by atoms with Gasteiger partial charge in [0.15, 0.2) is 0 Å². The molecule has 1 aromatic heterocycles. The lowest BCUT2D eigenvalue weighted by Gasteiger charge is -2.12. The number of anilines is 1. The first-order valence-electron chi connectivity index (χ1n) is 6.16. The van der Waals surface area contributed by atoms with E-state index in [4.69, 9.17) is 0 Å². The Balaban J connectivity index is 2.09. The molecule has 1 heterocycles. The Hall–Kier alpha value is -2.47. The molecule has 1 atom stereocenters. The van der Waals surface area contributed by atoms with E-state index < -0.39 is 11.0 Å². The van der Waals surface area contributed by atoms with Crippen molar-refractivity contribution in [1.82, 2.24) is 4.98 Å². The van der Waals surface area contributed by atoms with Gasteiger partial charge in [-0.1, -0.05) is 30.3 Å². The van der Waals surface area contributed by atoms with Gasteiger partial charge in [0.05, 0.1) is 11.0 Å². The van der Waals surface area contributed by atoms with Gasteiger partial charge in [-0.3, -0.25) is 10.1 Å². The van der Waals surface area contributed by atoms with Crippen molar-refractivity contribution in [3.8, 4) is 0 Å². The Kier molecular flexibility index (Phi) is 4.27. The molecular formula is C14H15N3O3. The Morgan fingerprint density at radius 3 is 2.75 bits per heavy atom. The lowest BCUT2D eigenvalue weighted by atomic mass is 10.1. The molecule has 0 saturated carbocycles. The third-order valence-corrected chi connectivity index (χ3v) is 2.85. The minimum absolute atomic E-state index is 0.0924. The highest BCUT2D eigenvalue weighted by molar-refractivity contribution is 5.56. The predicted molar refractivity (Wildman–Crippen MR) is 75.5 cm³/mol. The molecule has 2 rings (SSSR count). The van der Waals surface area contributed by atoms with Crippen molar-refractivity contribution in [1.29, 1.82) is 0 Å². The summed E-state index contributed by atoms with van der Waals surface area (Å²) in [5, 5.41) is 23.8. The summed E-state index contributed by atoms with van der Waals surface area (Å²) in [7, 11) is 0. The average molecular weight is 273 g/mol. The zero-order valence-corrected chi connectivity index (χ0v) is 11.0. The number of aliphatic hydroxyl groups is 1. The van der Waals surface area contributed by atoms with Crippen LogP contribution in [-0.2, 0) is 0 Å². The standard InChI is InChI=1S/C14H15N3O3/c1-10-7-12(17(19)20)14(15-8-10)16-9-13(18)11-5-3-2-4-6-11/h2-8,13,18H,9H2,1H3,(H,15,16). The minimum Gasteiger partial charge on any atom is -0.387 e. The maximum absolute atomic E-state index is 11.0. The van der Waals surface area contributed by atoms with Crippen LogP contribution >= 0.6 is 0 Å². The van der Waals surface area contributed by atoms with E-state index in [1.807, 2.05) is 18.2 Å². The molecule has 0 aliphatic rings. The summed E-state index contributed by atoms with van der Waals surface area (Å²) in [6.07, 6.45) is 0.795. The summed E-state index contributed by atoms with van der Waals surface area (Å²) in [6.45, 7) is 1.89. The van der Waals surface area contributed by atoms with E-state index in [1.54, 1.807) is 25.3 Å². The predicted octanol–water partition coefficient (Wildman–Crippen LogP) is 2.44. The summed E-state index contributed by atoms with van der Waals surface area (Å²) in [4.78, 5) is 14.5. The van der Waals surface area contributed by atoms with E-state index in [1.165, 1.54) is 6.07 Å². The lowest BCUT2D eigenvalue weighted by molar-refractivity contribution is -0.384. The number of hydrogen-bond donors (Lipinski definition) is 2. The fourth-order valence-electron chi connectivity index (χ4n) is 1.82. The summed E-state index contributed by atoms with van der Waals surface area (Å²) in [5.74, 6) is 0.163. The number of aromatic nitrogens is 1. The molecule has 0 amide bonds. The second kappa shape index (κ2) is 6.12. The van der Waals surface area contributed by atoms with E-state index in [9.17, 15) is 15.2 Å². The number of nitrogens with zero attached hydrogens (tertiary/aromatic N) is 2.